The summed E-state index contributed by atoms with van der Waals surface area (Å²) in [5.41, 5.74) is -6.43. The van der Waals surface area contributed by atoms with Gasteiger partial charge in [0, 0.05) is 18.7 Å². The van der Waals surface area contributed by atoms with Gasteiger partial charge >= 0.3 is 24.0 Å². The highest BCUT2D eigenvalue weighted by atomic mass is 32.2. The molecule has 332 valence electrons. The molecule has 2 aromatic carbocycles. The zero-order chi connectivity index (χ0) is 46.1. The largest absolute Gasteiger partial charge is 0.489 e. The molecule has 0 bridgehead atoms. The van der Waals surface area contributed by atoms with Gasteiger partial charge in [0.15, 0.2) is 11.8 Å². The summed E-state index contributed by atoms with van der Waals surface area (Å²) < 4.78 is 123. The fourth-order valence-corrected chi connectivity index (χ4v) is 6.58. The molecule has 0 aliphatic rings. The Balaban J connectivity index is 0.000000349. The minimum Gasteiger partial charge on any atom is -0.489 e. The number of rotatable bonds is 13. The van der Waals surface area contributed by atoms with Crippen LogP contribution in [0.4, 0.5) is 35.1 Å². The molecule has 0 spiro atoms. The van der Waals surface area contributed by atoms with Crippen LogP contribution in [0.15, 0.2) is 58.1 Å². The number of ether oxygens (including phenoxy) is 3. The number of aryl methyl sites for hydroxylation is 1. The van der Waals surface area contributed by atoms with E-state index in [4.69, 9.17) is 14.2 Å². The predicted octanol–water partition coefficient (Wildman–Crippen LogP) is 8.88. The third kappa shape index (κ3) is 12.5. The lowest BCUT2D eigenvalue weighted by molar-refractivity contribution is -0.148. The highest BCUT2D eigenvalue weighted by molar-refractivity contribution is 8.13. The van der Waals surface area contributed by atoms with Gasteiger partial charge < -0.3 is 14.2 Å². The van der Waals surface area contributed by atoms with E-state index in [0.29, 0.717) is 55.8 Å². The van der Waals surface area contributed by atoms with E-state index in [1.807, 2.05) is 25.1 Å². The van der Waals surface area contributed by atoms with Gasteiger partial charge in [-0.1, -0.05) is 56.4 Å². The highest BCUT2D eigenvalue weighted by Crippen LogP contribution is 2.39. The Labute approximate surface area is 352 Å². The number of thioether (sulfide) groups is 2. The molecule has 21 heteroatoms. The van der Waals surface area contributed by atoms with Crippen molar-refractivity contribution in [1.29, 1.82) is 0 Å². The number of aromatic nitrogens is 3. The van der Waals surface area contributed by atoms with E-state index in [0.717, 1.165) is 19.0 Å². The summed E-state index contributed by atoms with van der Waals surface area (Å²) in [5, 5.41) is -1.81. The first-order valence-corrected chi connectivity index (χ1v) is 20.4. The van der Waals surface area contributed by atoms with Crippen molar-refractivity contribution in [3.8, 4) is 17.2 Å². The summed E-state index contributed by atoms with van der Waals surface area (Å²) in [5.74, 6) is 0.0468. The van der Waals surface area contributed by atoms with E-state index >= 15 is 0 Å². The number of esters is 1. The van der Waals surface area contributed by atoms with Crippen LogP contribution in [-0.2, 0) is 48.4 Å². The van der Waals surface area contributed by atoms with Crippen molar-refractivity contribution in [2.24, 2.45) is 13.0 Å². The summed E-state index contributed by atoms with van der Waals surface area (Å²) in [6, 6.07) is 11.7. The molecule has 0 radical (unpaired) electrons. The highest BCUT2D eigenvalue weighted by Gasteiger charge is 2.42. The minimum atomic E-state index is -5.10. The smallest absolute Gasteiger partial charge is 0.434 e. The number of halogens is 8. The van der Waals surface area contributed by atoms with Crippen LogP contribution in [0.2, 0.25) is 0 Å². The predicted molar refractivity (Wildman–Crippen MR) is 213 cm³/mol. The van der Waals surface area contributed by atoms with Gasteiger partial charge in [-0.15, -0.1) is 0 Å². The Morgan fingerprint density at radius 1 is 0.852 bits per heavy atom. The number of methoxy groups -OCH3 is 1. The Hall–Kier alpha value is -5.18. The zero-order valence-corrected chi connectivity index (χ0v) is 35.6. The topological polar surface area (TPSA) is 136 Å². The summed E-state index contributed by atoms with van der Waals surface area (Å²) in [7, 11) is 2.22. The SMILES string of the molecule is CCc1ccc(COc2ccc(-n3c(=O)cc(C(F)(F)F)n(C)c3=O)cc2)c(OC(C)C(=O)OC)c1.CSC(=O)c1c(C(F)F)nc(C(F)(F)F)c(C(=O)SC)c1CC(C)C. The molecule has 0 aliphatic carbocycles. The van der Waals surface area contributed by atoms with Crippen molar-refractivity contribution >= 4 is 39.7 Å². The molecular formula is C40H41F8N3O8S2. The summed E-state index contributed by atoms with van der Waals surface area (Å²) in [6.07, 6.45) is -10.9. The molecule has 2 aromatic heterocycles. The lowest BCUT2D eigenvalue weighted by Crippen LogP contribution is -2.40. The van der Waals surface area contributed by atoms with Crippen molar-refractivity contribution < 1.29 is 63.7 Å². The van der Waals surface area contributed by atoms with Crippen molar-refractivity contribution in [2.75, 3.05) is 19.6 Å². The number of hydrogen-bond acceptors (Lipinski definition) is 11. The fraction of sp³-hybridized carbons (Fsp3) is 0.400. The van der Waals surface area contributed by atoms with Crippen molar-refractivity contribution in [3.63, 3.8) is 0 Å². The van der Waals surface area contributed by atoms with E-state index < -0.39 is 80.5 Å². The number of nitrogens with zero attached hydrogens (tertiary/aromatic N) is 3. The molecule has 0 saturated carbocycles. The van der Waals surface area contributed by atoms with Crippen molar-refractivity contribution in [2.45, 2.75) is 72.0 Å². The molecular weight excluding hydrogens is 867 g/mol. The molecule has 4 rings (SSSR count). The summed E-state index contributed by atoms with van der Waals surface area (Å²) >= 11 is 1.09. The molecule has 0 saturated heterocycles. The molecule has 4 aromatic rings. The number of carbonyl (C=O) groups excluding carboxylic acids is 3. The third-order valence-electron chi connectivity index (χ3n) is 8.67. The second kappa shape index (κ2) is 21.1. The Bertz CT molecular complexity index is 2350. The average molecular weight is 908 g/mol. The van der Waals surface area contributed by atoms with Gasteiger partial charge in [-0.3, -0.25) is 19.0 Å². The standard InChI is InChI=1S/C25H25F3N2O6.C15H16F5NO2S2/c1-5-16-6-7-17(20(12-16)36-15(2)23(32)34-4)14-35-19-10-8-18(9-11-19)30-22(31)13-21(25(26,27)28)29(3)24(30)33;1-6(2)5-7-8(13(22)24-3)10(12(16)17)21-11(15(18,19)20)9(7)14(23)25-4/h6-13,15H,5,14H2,1-4H3;6,12H,5H2,1-4H3. The minimum absolute atomic E-state index is 0.0779. The molecule has 2 heterocycles. The van der Waals surface area contributed by atoms with Crippen LogP contribution in [-0.4, -0.2) is 56.0 Å². The van der Waals surface area contributed by atoms with Gasteiger partial charge in [-0.05, 0) is 79.7 Å². The number of pyridine rings is 1. The van der Waals surface area contributed by atoms with E-state index in [2.05, 4.69) is 4.98 Å². The molecule has 0 fully saturated rings. The van der Waals surface area contributed by atoms with Crippen LogP contribution in [0.3, 0.4) is 0 Å². The zero-order valence-electron chi connectivity index (χ0n) is 33.9. The van der Waals surface area contributed by atoms with E-state index in [1.54, 1.807) is 20.8 Å². The second-order valence-electron chi connectivity index (χ2n) is 13.4. The van der Waals surface area contributed by atoms with Crippen molar-refractivity contribution in [1.82, 2.24) is 14.1 Å². The van der Waals surface area contributed by atoms with Gasteiger partial charge in [-0.25, -0.2) is 27.9 Å². The molecule has 0 amide bonds. The van der Waals surface area contributed by atoms with E-state index in [9.17, 15) is 59.1 Å². The normalized spacial score (nSPS) is 12.2. The van der Waals surface area contributed by atoms with Crippen LogP contribution < -0.4 is 20.7 Å². The number of alkyl halides is 8. The molecule has 0 aliphatic heterocycles. The van der Waals surface area contributed by atoms with Crippen LogP contribution in [0.25, 0.3) is 5.69 Å². The van der Waals surface area contributed by atoms with Crippen LogP contribution in [0.5, 0.6) is 11.5 Å². The Morgan fingerprint density at radius 2 is 1.44 bits per heavy atom. The Kier molecular flexibility index (Phi) is 17.3. The maximum atomic E-state index is 13.4. The second-order valence-corrected chi connectivity index (χ2v) is 14.9. The maximum Gasteiger partial charge on any atom is 0.434 e. The number of carbonyl (C=O) groups is 3. The van der Waals surface area contributed by atoms with Crippen LogP contribution in [0, 0.1) is 5.92 Å². The molecule has 11 nitrogen and oxygen atoms in total. The monoisotopic (exact) mass is 907 g/mol. The fourth-order valence-electron chi connectivity index (χ4n) is 5.72. The van der Waals surface area contributed by atoms with Gasteiger partial charge in [-0.2, -0.15) is 26.3 Å². The third-order valence-corrected chi connectivity index (χ3v) is 9.82. The molecule has 61 heavy (non-hydrogen) atoms. The first-order chi connectivity index (χ1) is 28.4. The average Bonchev–Trinajstić information content (AvgIpc) is 3.19. The van der Waals surface area contributed by atoms with E-state index in [-0.39, 0.29) is 30.2 Å². The maximum absolute atomic E-state index is 13.4. The van der Waals surface area contributed by atoms with Crippen LogP contribution in [0.1, 0.15) is 88.6 Å². The van der Waals surface area contributed by atoms with Gasteiger partial charge in [0.05, 0.1) is 23.9 Å². The van der Waals surface area contributed by atoms with Crippen molar-refractivity contribution in [3.05, 3.63) is 114 Å². The summed E-state index contributed by atoms with van der Waals surface area (Å²) in [4.78, 5) is 63.8. The van der Waals surface area contributed by atoms with Gasteiger partial charge in [0.2, 0.25) is 10.2 Å². The Morgan fingerprint density at radius 3 is 1.93 bits per heavy atom. The molecule has 1 atom stereocenters. The van der Waals surface area contributed by atoms with Gasteiger partial charge in [0.25, 0.3) is 12.0 Å². The molecule has 0 N–H and O–H groups in total. The van der Waals surface area contributed by atoms with Crippen LogP contribution >= 0.6 is 23.5 Å². The quantitative estimate of drug-likeness (QED) is 0.0941. The number of benzene rings is 2. The lowest BCUT2D eigenvalue weighted by Gasteiger charge is -2.21. The molecule has 1 unspecified atom stereocenters. The lowest BCUT2D eigenvalue weighted by atomic mass is 9.92. The van der Waals surface area contributed by atoms with Gasteiger partial charge in [0.1, 0.15) is 29.5 Å². The first-order valence-electron chi connectivity index (χ1n) is 18.0. The van der Waals surface area contributed by atoms with E-state index in [1.165, 1.54) is 43.9 Å². The summed E-state index contributed by atoms with van der Waals surface area (Å²) in [6.45, 7) is 6.93. The number of hydrogen-bond donors (Lipinski definition) is 0. The first kappa shape index (κ1) is 50.2.